The molecule has 0 aliphatic carbocycles. The number of halogens is 2. The summed E-state index contributed by atoms with van der Waals surface area (Å²) < 4.78 is 11.2. The average Bonchev–Trinajstić information content (AvgIpc) is 3.02. The number of thiazole rings is 1. The van der Waals surface area contributed by atoms with Gasteiger partial charge in [0.2, 0.25) is 0 Å². The van der Waals surface area contributed by atoms with Gasteiger partial charge in [-0.3, -0.25) is 10.1 Å². The smallest absolute Gasteiger partial charge is 0.265 e. The summed E-state index contributed by atoms with van der Waals surface area (Å²) in [5.41, 5.74) is 0.843. The van der Waals surface area contributed by atoms with Crippen molar-refractivity contribution in [1.82, 2.24) is 4.98 Å². The molecule has 0 bridgehead atoms. The molecule has 8 heteroatoms. The molecule has 0 spiro atoms. The number of nitrogens with zero attached hydrogens (tertiary/aromatic N) is 1. The van der Waals surface area contributed by atoms with Crippen LogP contribution in [0.5, 0.6) is 11.5 Å². The highest BCUT2D eigenvalue weighted by molar-refractivity contribution is 7.23. The van der Waals surface area contributed by atoms with Crippen molar-refractivity contribution >= 4 is 55.8 Å². The van der Waals surface area contributed by atoms with Gasteiger partial charge in [-0.15, -0.1) is 0 Å². The number of nitrogens with one attached hydrogen (secondary N) is 1. The number of hydrogen-bond donors (Lipinski definition) is 1. The summed E-state index contributed by atoms with van der Waals surface area (Å²) in [5, 5.41) is 4.13. The summed E-state index contributed by atoms with van der Waals surface area (Å²) in [4.78, 5) is 17.0. The second-order valence-electron chi connectivity index (χ2n) is 4.72. The molecule has 0 saturated carbocycles. The van der Waals surface area contributed by atoms with Gasteiger partial charge in [0.05, 0.1) is 29.0 Å². The van der Waals surface area contributed by atoms with E-state index >= 15 is 0 Å². The molecule has 124 valence electrons. The molecular formula is C16H12Cl2N2O3S. The quantitative estimate of drug-likeness (QED) is 0.698. The lowest BCUT2D eigenvalue weighted by atomic mass is 10.1. The first-order valence-electron chi connectivity index (χ1n) is 6.82. The molecule has 0 saturated heterocycles. The standard InChI is InChI=1S/C16H12Cl2N2O3S/c1-22-10-4-3-5-11(23-2)12(10)15(21)20-16-19-13-8(17)6-7-9(18)14(13)24-16/h3-7H,1-2H3,(H,19,20,21). The van der Waals surface area contributed by atoms with Crippen molar-refractivity contribution in [2.75, 3.05) is 19.5 Å². The zero-order valence-electron chi connectivity index (χ0n) is 12.7. The van der Waals surface area contributed by atoms with Crippen LogP contribution >= 0.6 is 34.5 Å². The van der Waals surface area contributed by atoms with E-state index in [-0.39, 0.29) is 0 Å². The lowest BCUT2D eigenvalue weighted by Crippen LogP contribution is -2.14. The highest BCUT2D eigenvalue weighted by Crippen LogP contribution is 2.37. The Morgan fingerprint density at radius 3 is 2.29 bits per heavy atom. The van der Waals surface area contributed by atoms with E-state index in [1.165, 1.54) is 25.6 Å². The number of amides is 1. The Labute approximate surface area is 152 Å². The second-order valence-corrected chi connectivity index (χ2v) is 6.53. The van der Waals surface area contributed by atoms with E-state index in [1.807, 2.05) is 0 Å². The lowest BCUT2D eigenvalue weighted by molar-refractivity contribution is 0.102. The summed E-state index contributed by atoms with van der Waals surface area (Å²) >= 11 is 13.5. The molecule has 0 aliphatic rings. The van der Waals surface area contributed by atoms with E-state index in [0.29, 0.717) is 42.5 Å². The minimum atomic E-state index is -0.393. The maximum absolute atomic E-state index is 12.6. The van der Waals surface area contributed by atoms with Crippen molar-refractivity contribution in [3.8, 4) is 11.5 Å². The molecule has 1 aromatic heterocycles. The molecule has 0 atom stereocenters. The van der Waals surface area contributed by atoms with E-state index in [2.05, 4.69) is 10.3 Å². The van der Waals surface area contributed by atoms with Crippen molar-refractivity contribution in [3.63, 3.8) is 0 Å². The normalized spacial score (nSPS) is 10.7. The number of rotatable bonds is 4. The molecule has 2 aromatic carbocycles. The van der Waals surface area contributed by atoms with Crippen LogP contribution in [0.4, 0.5) is 5.13 Å². The summed E-state index contributed by atoms with van der Waals surface area (Å²) in [5.74, 6) is 0.420. The summed E-state index contributed by atoms with van der Waals surface area (Å²) in [6.45, 7) is 0. The van der Waals surface area contributed by atoms with Crippen LogP contribution in [-0.4, -0.2) is 25.1 Å². The van der Waals surface area contributed by atoms with Gasteiger partial charge in [-0.2, -0.15) is 0 Å². The highest BCUT2D eigenvalue weighted by Gasteiger charge is 2.20. The average molecular weight is 383 g/mol. The SMILES string of the molecule is COc1cccc(OC)c1C(=O)Nc1nc2c(Cl)ccc(Cl)c2s1. The second kappa shape index (κ2) is 6.84. The Morgan fingerprint density at radius 2 is 1.71 bits per heavy atom. The molecule has 1 amide bonds. The molecule has 3 rings (SSSR count). The third-order valence-electron chi connectivity index (χ3n) is 3.32. The molecule has 5 nitrogen and oxygen atoms in total. The third-order valence-corrected chi connectivity index (χ3v) is 5.06. The van der Waals surface area contributed by atoms with Crippen LogP contribution in [0.2, 0.25) is 10.0 Å². The predicted octanol–water partition coefficient (Wildman–Crippen LogP) is 4.87. The molecule has 0 unspecified atom stereocenters. The van der Waals surface area contributed by atoms with Crippen LogP contribution in [0.15, 0.2) is 30.3 Å². The fourth-order valence-electron chi connectivity index (χ4n) is 2.23. The van der Waals surface area contributed by atoms with Gasteiger partial charge in [-0.1, -0.05) is 40.6 Å². The first-order chi connectivity index (χ1) is 11.5. The zero-order valence-corrected chi connectivity index (χ0v) is 15.1. The number of fused-ring (bicyclic) bond motifs is 1. The van der Waals surface area contributed by atoms with Gasteiger partial charge < -0.3 is 9.47 Å². The molecule has 0 radical (unpaired) electrons. The Hall–Kier alpha value is -2.02. The van der Waals surface area contributed by atoms with Crippen LogP contribution in [0.3, 0.4) is 0 Å². The largest absolute Gasteiger partial charge is 0.496 e. The fraction of sp³-hybridized carbons (Fsp3) is 0.125. The first kappa shape index (κ1) is 16.8. The summed E-state index contributed by atoms with van der Waals surface area (Å²) in [6, 6.07) is 8.47. The van der Waals surface area contributed by atoms with E-state index in [0.717, 1.165) is 0 Å². The van der Waals surface area contributed by atoms with Crippen LogP contribution in [0.25, 0.3) is 10.2 Å². The number of anilines is 1. The van der Waals surface area contributed by atoms with E-state index < -0.39 is 5.91 Å². The first-order valence-corrected chi connectivity index (χ1v) is 8.39. The van der Waals surface area contributed by atoms with Crippen molar-refractivity contribution < 1.29 is 14.3 Å². The van der Waals surface area contributed by atoms with Gasteiger partial charge >= 0.3 is 0 Å². The number of ether oxygens (including phenoxy) is 2. The van der Waals surface area contributed by atoms with Crippen LogP contribution in [-0.2, 0) is 0 Å². The van der Waals surface area contributed by atoms with Crippen molar-refractivity contribution in [2.45, 2.75) is 0 Å². The molecule has 1 heterocycles. The summed E-state index contributed by atoms with van der Waals surface area (Å²) in [7, 11) is 2.98. The van der Waals surface area contributed by atoms with Gasteiger partial charge in [0, 0.05) is 0 Å². The highest BCUT2D eigenvalue weighted by atomic mass is 35.5. The van der Waals surface area contributed by atoms with E-state index in [1.54, 1.807) is 30.3 Å². The predicted molar refractivity (Wildman–Crippen MR) is 97.1 cm³/mol. The Bertz CT molecular complexity index is 866. The monoisotopic (exact) mass is 382 g/mol. The van der Waals surface area contributed by atoms with Crippen LogP contribution < -0.4 is 14.8 Å². The van der Waals surface area contributed by atoms with E-state index in [9.17, 15) is 4.79 Å². The van der Waals surface area contributed by atoms with Gasteiger partial charge in [-0.05, 0) is 24.3 Å². The topological polar surface area (TPSA) is 60.5 Å². The van der Waals surface area contributed by atoms with Crippen molar-refractivity contribution in [2.24, 2.45) is 0 Å². The number of methoxy groups -OCH3 is 2. The molecule has 0 fully saturated rings. The molecule has 0 aliphatic heterocycles. The van der Waals surface area contributed by atoms with Crippen molar-refractivity contribution in [1.29, 1.82) is 0 Å². The minimum Gasteiger partial charge on any atom is -0.496 e. The summed E-state index contributed by atoms with van der Waals surface area (Å²) in [6.07, 6.45) is 0. The third kappa shape index (κ3) is 3.00. The maximum Gasteiger partial charge on any atom is 0.265 e. The Kier molecular flexibility index (Phi) is 4.80. The zero-order chi connectivity index (χ0) is 17.3. The van der Waals surface area contributed by atoms with Gasteiger partial charge in [-0.25, -0.2) is 4.98 Å². The number of hydrogen-bond acceptors (Lipinski definition) is 5. The Morgan fingerprint density at radius 1 is 1.08 bits per heavy atom. The number of aromatic nitrogens is 1. The Balaban J connectivity index is 1.99. The van der Waals surface area contributed by atoms with Gasteiger partial charge in [0.15, 0.2) is 5.13 Å². The van der Waals surface area contributed by atoms with E-state index in [4.69, 9.17) is 32.7 Å². The minimum absolute atomic E-state index is 0.291. The van der Waals surface area contributed by atoms with Crippen LogP contribution in [0, 0.1) is 0 Å². The fourth-order valence-corrected chi connectivity index (χ4v) is 3.65. The molecule has 24 heavy (non-hydrogen) atoms. The van der Waals surface area contributed by atoms with Crippen molar-refractivity contribution in [3.05, 3.63) is 45.9 Å². The maximum atomic E-state index is 12.6. The number of carbonyl (C=O) groups excluding carboxylic acids is 1. The molecular weight excluding hydrogens is 371 g/mol. The number of carbonyl (C=O) groups is 1. The molecule has 1 N–H and O–H groups in total. The van der Waals surface area contributed by atoms with Gasteiger partial charge in [0.25, 0.3) is 5.91 Å². The molecule has 3 aromatic rings. The number of benzene rings is 2. The van der Waals surface area contributed by atoms with Gasteiger partial charge in [0.1, 0.15) is 22.6 Å². The van der Waals surface area contributed by atoms with Crippen LogP contribution in [0.1, 0.15) is 10.4 Å². The lowest BCUT2D eigenvalue weighted by Gasteiger charge is -2.11.